The van der Waals surface area contributed by atoms with Crippen molar-refractivity contribution in [3.63, 3.8) is 0 Å². The lowest BCUT2D eigenvalue weighted by Crippen LogP contribution is -2.10. The molecule has 0 amide bonds. The van der Waals surface area contributed by atoms with Crippen LogP contribution in [-0.2, 0) is 13.2 Å². The van der Waals surface area contributed by atoms with Crippen LogP contribution in [0.5, 0.6) is 11.5 Å². The van der Waals surface area contributed by atoms with Gasteiger partial charge < -0.3 is 9.47 Å². The van der Waals surface area contributed by atoms with Crippen LogP contribution in [0, 0.1) is 0 Å². The van der Waals surface area contributed by atoms with Crippen LogP contribution in [0.4, 0.5) is 0 Å². The van der Waals surface area contributed by atoms with Crippen molar-refractivity contribution in [3.05, 3.63) is 47.8 Å². The van der Waals surface area contributed by atoms with Gasteiger partial charge in [-0.2, -0.15) is 0 Å². The van der Waals surface area contributed by atoms with Crippen LogP contribution in [0.1, 0.15) is 30.0 Å². The van der Waals surface area contributed by atoms with Gasteiger partial charge in [0.25, 0.3) is 0 Å². The summed E-state index contributed by atoms with van der Waals surface area (Å²) < 4.78 is 12.7. The number of aromatic nitrogens is 3. The second kappa shape index (κ2) is 7.40. The molecule has 0 aliphatic heterocycles. The Morgan fingerprint density at radius 2 is 1.91 bits per heavy atom. The standard InChI is InChI=1S/C16H19N3O3/c1-4-21-13-5-7-14(8-6-13)22-11-16-15(10-20)17-18-19(16)9-12(2)3/h5-8,10H,2,4,9,11H2,1,3H3. The molecule has 2 rings (SSSR count). The van der Waals surface area contributed by atoms with Gasteiger partial charge >= 0.3 is 0 Å². The van der Waals surface area contributed by atoms with Gasteiger partial charge in [-0.1, -0.05) is 17.4 Å². The lowest BCUT2D eigenvalue weighted by atomic mass is 10.3. The van der Waals surface area contributed by atoms with Gasteiger partial charge in [0.1, 0.15) is 23.8 Å². The highest BCUT2D eigenvalue weighted by atomic mass is 16.5. The fourth-order valence-electron chi connectivity index (χ4n) is 1.92. The van der Waals surface area contributed by atoms with E-state index in [2.05, 4.69) is 16.9 Å². The van der Waals surface area contributed by atoms with Crippen LogP contribution < -0.4 is 9.47 Å². The van der Waals surface area contributed by atoms with Crippen molar-refractivity contribution in [3.8, 4) is 11.5 Å². The molecule has 0 aliphatic rings. The molecule has 0 bridgehead atoms. The minimum atomic E-state index is 0.211. The number of carbonyl (C=O) groups excluding carboxylic acids is 1. The van der Waals surface area contributed by atoms with E-state index in [-0.39, 0.29) is 12.3 Å². The van der Waals surface area contributed by atoms with E-state index in [9.17, 15) is 4.79 Å². The van der Waals surface area contributed by atoms with Gasteiger partial charge in [0, 0.05) is 0 Å². The van der Waals surface area contributed by atoms with E-state index < -0.39 is 0 Å². The van der Waals surface area contributed by atoms with Crippen LogP contribution in [0.3, 0.4) is 0 Å². The first-order chi connectivity index (χ1) is 10.6. The largest absolute Gasteiger partial charge is 0.494 e. The lowest BCUT2D eigenvalue weighted by molar-refractivity contribution is 0.111. The van der Waals surface area contributed by atoms with Crippen molar-refractivity contribution in [2.24, 2.45) is 0 Å². The summed E-state index contributed by atoms with van der Waals surface area (Å²) in [6.07, 6.45) is 0.679. The first-order valence-corrected chi connectivity index (χ1v) is 7.01. The molecule has 0 N–H and O–H groups in total. The summed E-state index contributed by atoms with van der Waals surface area (Å²) >= 11 is 0. The maximum Gasteiger partial charge on any atom is 0.172 e. The second-order valence-electron chi connectivity index (χ2n) is 4.85. The second-order valence-corrected chi connectivity index (χ2v) is 4.85. The van der Waals surface area contributed by atoms with E-state index >= 15 is 0 Å². The molecule has 0 saturated heterocycles. The topological polar surface area (TPSA) is 66.2 Å². The van der Waals surface area contributed by atoms with E-state index in [1.54, 1.807) is 4.68 Å². The van der Waals surface area contributed by atoms with Crippen LogP contribution in [0.25, 0.3) is 0 Å². The molecule has 6 nitrogen and oxygen atoms in total. The maximum absolute atomic E-state index is 11.0. The number of nitrogens with zero attached hydrogens (tertiary/aromatic N) is 3. The summed E-state index contributed by atoms with van der Waals surface area (Å²) in [4.78, 5) is 11.0. The predicted molar refractivity (Wildman–Crippen MR) is 82.2 cm³/mol. The first kappa shape index (κ1) is 15.8. The Labute approximate surface area is 129 Å². The smallest absolute Gasteiger partial charge is 0.172 e. The Bertz CT molecular complexity index is 647. The van der Waals surface area contributed by atoms with Gasteiger partial charge in [0.05, 0.1) is 13.2 Å². The lowest BCUT2D eigenvalue weighted by Gasteiger charge is -2.09. The Hall–Kier alpha value is -2.63. The van der Waals surface area contributed by atoms with Crippen LogP contribution in [0.2, 0.25) is 0 Å². The monoisotopic (exact) mass is 301 g/mol. The molecule has 0 aliphatic carbocycles. The van der Waals surface area contributed by atoms with Crippen LogP contribution >= 0.6 is 0 Å². The molecular formula is C16H19N3O3. The molecule has 1 aromatic heterocycles. The molecule has 0 atom stereocenters. The van der Waals surface area contributed by atoms with Crippen molar-refractivity contribution in [1.29, 1.82) is 0 Å². The van der Waals surface area contributed by atoms with Crippen molar-refractivity contribution in [2.45, 2.75) is 27.0 Å². The quantitative estimate of drug-likeness (QED) is 0.554. The van der Waals surface area contributed by atoms with E-state index in [1.165, 1.54) is 0 Å². The van der Waals surface area contributed by atoms with Gasteiger partial charge in [-0.25, -0.2) is 4.68 Å². The third kappa shape index (κ3) is 3.94. The molecule has 2 aromatic rings. The number of rotatable bonds is 8. The summed E-state index contributed by atoms with van der Waals surface area (Å²) in [6.45, 7) is 8.99. The Morgan fingerprint density at radius 1 is 1.27 bits per heavy atom. The number of carbonyl (C=O) groups is 1. The van der Waals surface area contributed by atoms with Gasteiger partial charge in [0.15, 0.2) is 12.0 Å². The van der Waals surface area contributed by atoms with Crippen molar-refractivity contribution < 1.29 is 14.3 Å². The Balaban J connectivity index is 2.08. The highest BCUT2D eigenvalue weighted by Crippen LogP contribution is 2.19. The Morgan fingerprint density at radius 3 is 2.45 bits per heavy atom. The minimum absolute atomic E-state index is 0.211. The van der Waals surface area contributed by atoms with Crippen LogP contribution in [-0.4, -0.2) is 27.9 Å². The van der Waals surface area contributed by atoms with Gasteiger partial charge in [0.2, 0.25) is 0 Å². The third-order valence-electron chi connectivity index (χ3n) is 2.91. The normalized spacial score (nSPS) is 10.3. The zero-order valence-electron chi connectivity index (χ0n) is 12.8. The highest BCUT2D eigenvalue weighted by Gasteiger charge is 2.13. The van der Waals surface area contributed by atoms with Gasteiger partial charge in [-0.15, -0.1) is 5.10 Å². The average Bonchev–Trinajstić information content (AvgIpc) is 2.88. The summed E-state index contributed by atoms with van der Waals surface area (Å²) in [5.74, 6) is 1.47. The number of aldehydes is 1. The SMILES string of the molecule is C=C(C)Cn1nnc(C=O)c1COc1ccc(OCC)cc1. The molecular weight excluding hydrogens is 282 g/mol. The number of hydrogen-bond donors (Lipinski definition) is 0. The van der Waals surface area contributed by atoms with E-state index in [1.807, 2.05) is 38.1 Å². The predicted octanol–water partition coefficient (Wildman–Crippen LogP) is 2.64. The van der Waals surface area contributed by atoms with E-state index in [4.69, 9.17) is 9.47 Å². The average molecular weight is 301 g/mol. The van der Waals surface area contributed by atoms with Crippen molar-refractivity contribution in [2.75, 3.05) is 6.61 Å². The van der Waals surface area contributed by atoms with E-state index in [0.29, 0.717) is 30.9 Å². The molecule has 0 fully saturated rings. The number of ether oxygens (including phenoxy) is 2. The Kier molecular flexibility index (Phi) is 5.30. The van der Waals surface area contributed by atoms with Crippen LogP contribution in [0.15, 0.2) is 36.4 Å². The zero-order valence-corrected chi connectivity index (χ0v) is 12.8. The first-order valence-electron chi connectivity index (χ1n) is 7.01. The number of hydrogen-bond acceptors (Lipinski definition) is 5. The van der Waals surface area contributed by atoms with Crippen molar-refractivity contribution in [1.82, 2.24) is 15.0 Å². The number of allylic oxidation sites excluding steroid dienone is 1. The van der Waals surface area contributed by atoms with Gasteiger partial charge in [-0.05, 0) is 38.1 Å². The molecule has 0 spiro atoms. The number of benzene rings is 1. The molecule has 0 saturated carbocycles. The molecule has 0 radical (unpaired) electrons. The molecule has 6 heteroatoms. The zero-order chi connectivity index (χ0) is 15.9. The molecule has 1 heterocycles. The minimum Gasteiger partial charge on any atom is -0.494 e. The van der Waals surface area contributed by atoms with Gasteiger partial charge in [-0.3, -0.25) is 4.79 Å². The fourth-order valence-corrected chi connectivity index (χ4v) is 1.92. The maximum atomic E-state index is 11.0. The summed E-state index contributed by atoms with van der Waals surface area (Å²) in [5, 5.41) is 7.79. The van der Waals surface area contributed by atoms with E-state index in [0.717, 1.165) is 11.3 Å². The van der Waals surface area contributed by atoms with Crippen molar-refractivity contribution >= 4 is 6.29 Å². The summed E-state index contributed by atoms with van der Waals surface area (Å²) in [7, 11) is 0. The molecule has 116 valence electrons. The fraction of sp³-hybridized carbons (Fsp3) is 0.312. The molecule has 1 aromatic carbocycles. The summed E-state index contributed by atoms with van der Waals surface area (Å²) in [5.41, 5.74) is 1.84. The molecule has 22 heavy (non-hydrogen) atoms. The highest BCUT2D eigenvalue weighted by molar-refractivity contribution is 5.73. The molecule has 0 unspecified atom stereocenters. The summed E-state index contributed by atoms with van der Waals surface area (Å²) in [6, 6.07) is 7.31. The third-order valence-corrected chi connectivity index (χ3v) is 2.91.